The summed E-state index contributed by atoms with van der Waals surface area (Å²) in [5.41, 5.74) is 0.476. The Hall–Kier alpha value is -2.37. The number of piperidine rings is 1. The Morgan fingerprint density at radius 3 is 2.47 bits per heavy atom. The molecule has 2 amide bonds. The number of nitrogens with zero attached hydrogens (tertiary/aromatic N) is 1. The van der Waals surface area contributed by atoms with Crippen LogP contribution in [0.15, 0.2) is 24.3 Å². The average molecular weight is 415 g/mol. The standard InChI is InChI=1S/C24H34N2O4/c1-18(27)30-22-9-5-8-21(16-22)24(29)25-17-20-12-14-26(15-13-20)23(28)11-10-19-6-3-2-4-7-19/h5,8-9,16,19-20H,2-4,6-7,10-15,17H2,1H3,(H,25,29). The number of hydrogen-bond donors (Lipinski definition) is 1. The second kappa shape index (κ2) is 11.1. The van der Waals surface area contributed by atoms with Gasteiger partial charge >= 0.3 is 5.97 Å². The van der Waals surface area contributed by atoms with Gasteiger partial charge in [0.05, 0.1) is 0 Å². The van der Waals surface area contributed by atoms with Crippen molar-refractivity contribution in [1.29, 1.82) is 0 Å². The third-order valence-electron chi connectivity index (χ3n) is 6.37. The minimum absolute atomic E-state index is 0.171. The zero-order chi connectivity index (χ0) is 21.3. The first-order chi connectivity index (χ1) is 14.5. The number of rotatable bonds is 7. The minimum Gasteiger partial charge on any atom is -0.427 e. The van der Waals surface area contributed by atoms with Crippen molar-refractivity contribution in [2.24, 2.45) is 11.8 Å². The second-order valence-electron chi connectivity index (χ2n) is 8.70. The topological polar surface area (TPSA) is 75.7 Å². The molecule has 6 nitrogen and oxygen atoms in total. The van der Waals surface area contributed by atoms with E-state index in [1.165, 1.54) is 39.0 Å². The quantitative estimate of drug-likeness (QED) is 0.542. The maximum Gasteiger partial charge on any atom is 0.308 e. The normalized spacial score (nSPS) is 18.1. The molecule has 0 aromatic heterocycles. The van der Waals surface area contributed by atoms with Crippen LogP contribution in [0.3, 0.4) is 0 Å². The molecule has 0 bridgehead atoms. The van der Waals surface area contributed by atoms with Gasteiger partial charge in [-0.1, -0.05) is 38.2 Å². The fourth-order valence-electron chi connectivity index (χ4n) is 4.55. The van der Waals surface area contributed by atoms with E-state index in [9.17, 15) is 14.4 Å². The number of amides is 2. The third-order valence-corrected chi connectivity index (χ3v) is 6.37. The molecule has 0 radical (unpaired) electrons. The van der Waals surface area contributed by atoms with Crippen molar-refractivity contribution in [2.45, 2.75) is 64.7 Å². The van der Waals surface area contributed by atoms with Crippen molar-refractivity contribution in [3.05, 3.63) is 29.8 Å². The van der Waals surface area contributed by atoms with Crippen molar-refractivity contribution < 1.29 is 19.1 Å². The van der Waals surface area contributed by atoms with Gasteiger partial charge in [0.1, 0.15) is 5.75 Å². The Labute approximate surface area is 179 Å². The van der Waals surface area contributed by atoms with Gasteiger partial charge in [0.2, 0.25) is 5.91 Å². The van der Waals surface area contributed by atoms with E-state index < -0.39 is 5.97 Å². The molecule has 1 saturated heterocycles. The monoisotopic (exact) mass is 414 g/mol. The Morgan fingerprint density at radius 1 is 1.03 bits per heavy atom. The summed E-state index contributed by atoms with van der Waals surface area (Å²) in [4.78, 5) is 38.0. The van der Waals surface area contributed by atoms with E-state index in [1.807, 2.05) is 4.90 Å². The van der Waals surface area contributed by atoms with Gasteiger partial charge in [0, 0.05) is 38.5 Å². The summed E-state index contributed by atoms with van der Waals surface area (Å²) >= 11 is 0. The lowest BCUT2D eigenvalue weighted by atomic mass is 9.86. The molecule has 1 saturated carbocycles. The summed E-state index contributed by atoms with van der Waals surface area (Å²) in [6, 6.07) is 6.63. The number of ether oxygens (including phenoxy) is 1. The lowest BCUT2D eigenvalue weighted by Crippen LogP contribution is -2.41. The van der Waals surface area contributed by atoms with Crippen LogP contribution in [0.4, 0.5) is 0 Å². The van der Waals surface area contributed by atoms with E-state index >= 15 is 0 Å². The molecule has 1 aliphatic carbocycles. The van der Waals surface area contributed by atoms with Crippen molar-refractivity contribution in [3.8, 4) is 5.75 Å². The molecule has 2 fully saturated rings. The zero-order valence-corrected chi connectivity index (χ0v) is 18.0. The third kappa shape index (κ3) is 6.85. The molecule has 1 N–H and O–H groups in total. The second-order valence-corrected chi connectivity index (χ2v) is 8.70. The van der Waals surface area contributed by atoms with E-state index in [0.717, 1.165) is 38.3 Å². The molecule has 6 heteroatoms. The highest BCUT2D eigenvalue weighted by Gasteiger charge is 2.24. The summed E-state index contributed by atoms with van der Waals surface area (Å²) < 4.78 is 5.04. The van der Waals surface area contributed by atoms with Crippen LogP contribution in [-0.4, -0.2) is 42.3 Å². The van der Waals surface area contributed by atoms with Crippen molar-refractivity contribution in [2.75, 3.05) is 19.6 Å². The predicted octanol–water partition coefficient (Wildman–Crippen LogP) is 3.94. The van der Waals surface area contributed by atoms with E-state index in [4.69, 9.17) is 4.74 Å². The van der Waals surface area contributed by atoms with Gasteiger partial charge in [0.25, 0.3) is 5.91 Å². The van der Waals surface area contributed by atoms with Gasteiger partial charge in [-0.05, 0) is 49.3 Å². The summed E-state index contributed by atoms with van der Waals surface area (Å²) in [6.07, 6.45) is 10.1. The molecule has 0 spiro atoms. The van der Waals surface area contributed by atoms with E-state index in [1.54, 1.807) is 24.3 Å². The maximum absolute atomic E-state index is 12.5. The van der Waals surface area contributed by atoms with Crippen LogP contribution >= 0.6 is 0 Å². The highest BCUT2D eigenvalue weighted by Crippen LogP contribution is 2.28. The molecule has 1 heterocycles. The minimum atomic E-state index is -0.410. The lowest BCUT2D eigenvalue weighted by molar-refractivity contribution is -0.133. The molecule has 0 unspecified atom stereocenters. The van der Waals surface area contributed by atoms with Gasteiger partial charge < -0.3 is 15.0 Å². The number of benzene rings is 1. The molecule has 164 valence electrons. The SMILES string of the molecule is CC(=O)Oc1cccc(C(=O)NCC2CCN(C(=O)CCC3CCCCC3)CC2)c1. The van der Waals surface area contributed by atoms with Crippen LogP contribution in [0.5, 0.6) is 5.75 Å². The summed E-state index contributed by atoms with van der Waals surface area (Å²) in [6.45, 7) is 3.50. The van der Waals surface area contributed by atoms with E-state index in [0.29, 0.717) is 36.1 Å². The van der Waals surface area contributed by atoms with Crippen LogP contribution in [0, 0.1) is 11.8 Å². The highest BCUT2D eigenvalue weighted by molar-refractivity contribution is 5.94. The highest BCUT2D eigenvalue weighted by atomic mass is 16.5. The molecule has 1 aliphatic heterocycles. The molecule has 30 heavy (non-hydrogen) atoms. The number of carbonyl (C=O) groups excluding carboxylic acids is 3. The molecular weight excluding hydrogens is 380 g/mol. The van der Waals surface area contributed by atoms with Crippen LogP contribution in [-0.2, 0) is 9.59 Å². The van der Waals surface area contributed by atoms with Gasteiger partial charge in [-0.25, -0.2) is 0 Å². The van der Waals surface area contributed by atoms with Crippen LogP contribution in [0.25, 0.3) is 0 Å². The van der Waals surface area contributed by atoms with Crippen molar-refractivity contribution in [3.63, 3.8) is 0 Å². The largest absolute Gasteiger partial charge is 0.427 e. The van der Waals surface area contributed by atoms with Gasteiger partial charge in [-0.3, -0.25) is 14.4 Å². The number of hydrogen-bond acceptors (Lipinski definition) is 4. The van der Waals surface area contributed by atoms with Gasteiger partial charge in [-0.15, -0.1) is 0 Å². The molecule has 1 aromatic carbocycles. The summed E-state index contributed by atoms with van der Waals surface area (Å²) in [5, 5.41) is 2.98. The summed E-state index contributed by atoms with van der Waals surface area (Å²) in [5.74, 6) is 1.21. The fraction of sp³-hybridized carbons (Fsp3) is 0.625. The first kappa shape index (κ1) is 22.3. The smallest absolute Gasteiger partial charge is 0.308 e. The number of nitrogens with one attached hydrogen (secondary N) is 1. The van der Waals surface area contributed by atoms with Crippen LogP contribution in [0.1, 0.15) is 75.1 Å². The molecular formula is C24H34N2O4. The van der Waals surface area contributed by atoms with Crippen LogP contribution in [0.2, 0.25) is 0 Å². The number of likely N-dealkylation sites (tertiary alicyclic amines) is 1. The maximum atomic E-state index is 12.5. The average Bonchev–Trinajstić information content (AvgIpc) is 2.76. The van der Waals surface area contributed by atoms with Crippen molar-refractivity contribution in [1.82, 2.24) is 10.2 Å². The summed E-state index contributed by atoms with van der Waals surface area (Å²) in [7, 11) is 0. The van der Waals surface area contributed by atoms with Gasteiger partial charge in [0.15, 0.2) is 0 Å². The molecule has 3 rings (SSSR count). The molecule has 0 atom stereocenters. The predicted molar refractivity (Wildman–Crippen MR) is 115 cm³/mol. The Bertz CT molecular complexity index is 734. The Balaban J connectivity index is 1.36. The van der Waals surface area contributed by atoms with Crippen molar-refractivity contribution >= 4 is 17.8 Å². The lowest BCUT2D eigenvalue weighted by Gasteiger charge is -2.32. The fourth-order valence-corrected chi connectivity index (χ4v) is 4.55. The zero-order valence-electron chi connectivity index (χ0n) is 18.0. The molecule has 2 aliphatic rings. The van der Waals surface area contributed by atoms with Crippen LogP contribution < -0.4 is 10.1 Å². The number of esters is 1. The van der Waals surface area contributed by atoms with E-state index in [2.05, 4.69) is 5.32 Å². The van der Waals surface area contributed by atoms with Gasteiger partial charge in [-0.2, -0.15) is 0 Å². The Kier molecular flexibility index (Phi) is 8.29. The Morgan fingerprint density at radius 2 is 1.77 bits per heavy atom. The number of carbonyl (C=O) groups is 3. The first-order valence-corrected chi connectivity index (χ1v) is 11.4. The molecule has 1 aromatic rings. The first-order valence-electron chi connectivity index (χ1n) is 11.4. The van der Waals surface area contributed by atoms with E-state index in [-0.39, 0.29) is 5.91 Å².